The van der Waals surface area contributed by atoms with Crippen LogP contribution < -0.4 is 93.1 Å². The van der Waals surface area contributed by atoms with Crippen LogP contribution in [0.4, 0.5) is 29.2 Å². The predicted octanol–water partition coefficient (Wildman–Crippen LogP) is 16.7. The molecule has 1 fully saturated rings. The van der Waals surface area contributed by atoms with Crippen LogP contribution in [0.3, 0.4) is 0 Å². The Hall–Kier alpha value is -11.1. The lowest BCUT2D eigenvalue weighted by Crippen LogP contribution is -2.43. The van der Waals surface area contributed by atoms with Gasteiger partial charge in [-0.05, 0) is 262 Å². The SMILES string of the molecule is C.C.C=C1CCSc2cc(nc(N)n2)-c2cc(c(C)cc2C)C(=O)NCCCN1.CC(C)(C)CNCCn1c(Sc2cc3c(cc2I)OCO3)nc2c(N)ncnc21.CC(C)CNCCn1c(Cc2cc3c(cc2I)OCO3)nc2c(N)ncnc21.CC(C)CNCCn1c(Cc2cc3c(cc2I)OCO3)nc2c(N)ncnc21.C[C@H](O)C(=O)N1CCC(CCn2c(Sc3cc4c(cc3Br)OCO4)nc3c(N)nccc32)CC1. The molecule has 1 atom stereocenters. The number of aromatic nitrogens is 17. The standard InChI is InChI=1S/C23H26BrN5O4S.C20H25N5OS.C19H23IN6O2S.2C19H23IN6O2.2CH4/c1-13(30)22(31)28-7-3-14(4-8-28)5-9-29-16-2-6-26-21(25)20(16)27-23(29)34-19-11-18-17(10-15(19)24)32-12-33-18;1-12-9-13(2)16-10-15(12)17-11-18(25-20(21)24-17)27-8-5-14(3)22-6-4-7-23-19(16)26;1-19(2,3)8-22-4-5-26-17-15(16(21)23-9-24-17)25-18(26)29-14-7-13-12(6-11(14)20)27-10-28-13;2*1-11(2)8-22-3-4-26-16(25-17-18(21)23-9-24-19(17)26)6-12-5-14-15(7-13(12)20)28-10-27-14;;/h2,6,10-11,13-14,30H,3-5,7-9,12H2,1H3,(H2,25,26);9-11,22H,3-8H2,1-2H3,(H,23,26)(H2,21,24,25);6-7,9,22H,4-5,8,10H2,1-3H3,(H2,21,23,24);2*5,7,9,11,22H,3-4,6,8,10H2,1-2H3,(H2,21,23,24);2*1H4/t13-;;;;;;/m0....../s1. The Balaban J connectivity index is 0.000000146. The minimum absolute atomic E-state index is 0. The van der Waals surface area contributed by atoms with Gasteiger partial charge in [0.1, 0.15) is 47.3 Å². The summed E-state index contributed by atoms with van der Waals surface area (Å²) < 4.78 is 56.8. The van der Waals surface area contributed by atoms with Crippen LogP contribution in [0.1, 0.15) is 147 Å². The Kier molecular flexibility index (Phi) is 39.2. The number of anilines is 5. The number of thioether (sulfide) groups is 1. The minimum atomic E-state index is -0.942. The van der Waals surface area contributed by atoms with E-state index in [9.17, 15) is 14.7 Å². The van der Waals surface area contributed by atoms with Crippen LogP contribution >= 0.6 is 119 Å². The highest BCUT2D eigenvalue weighted by Crippen LogP contribution is 2.47. The van der Waals surface area contributed by atoms with Crippen molar-refractivity contribution in [2.24, 2.45) is 23.2 Å². The summed E-state index contributed by atoms with van der Waals surface area (Å²) in [4.78, 5) is 86.1. The zero-order valence-corrected chi connectivity index (χ0v) is 93.3. The number of allylic oxidation sites excluding steroid dienone is 1. The molecule has 6 aliphatic heterocycles. The smallest absolute Gasteiger partial charge is 0.251 e. The van der Waals surface area contributed by atoms with Crippen molar-refractivity contribution in [1.29, 1.82) is 0 Å². The molecule has 0 saturated carbocycles. The average molecular weight is 2480 g/mol. The molecule has 1 saturated heterocycles. The van der Waals surface area contributed by atoms with E-state index in [1.807, 2.05) is 86.6 Å². The molecule has 0 aliphatic carbocycles. The largest absolute Gasteiger partial charge is 0.454 e. The van der Waals surface area contributed by atoms with Crippen LogP contribution in [0.5, 0.6) is 46.0 Å². The second-order valence-electron chi connectivity index (χ2n) is 37.6. The molecule has 6 aliphatic rings. The molecule has 14 aromatic rings. The Labute approximate surface area is 922 Å². The first kappa shape index (κ1) is 113. The molecule has 20 rings (SSSR count). The van der Waals surface area contributed by atoms with Gasteiger partial charge in [-0.3, -0.25) is 9.59 Å². The Morgan fingerprint density at radius 2 is 1.02 bits per heavy atom. The molecule has 39 nitrogen and oxygen atoms in total. The van der Waals surface area contributed by atoms with E-state index >= 15 is 0 Å². The molecule has 0 radical (unpaired) electrons. The van der Waals surface area contributed by atoms with E-state index in [0.717, 1.165) is 264 Å². The second-order valence-corrected chi connectivity index (χ2v) is 45.0. The molecular formula is C102H128BrI3N28O11S3. The highest BCUT2D eigenvalue weighted by molar-refractivity contribution is 14.1. The molecule has 4 bridgehead atoms. The van der Waals surface area contributed by atoms with Gasteiger partial charge >= 0.3 is 0 Å². The average Bonchev–Trinajstić information content (AvgIpc) is 1.63. The van der Waals surface area contributed by atoms with Gasteiger partial charge in [0.05, 0.1) is 11.2 Å². The summed E-state index contributed by atoms with van der Waals surface area (Å²) in [6.07, 6.45) is 11.0. The molecule has 46 heteroatoms. The van der Waals surface area contributed by atoms with E-state index in [0.29, 0.717) is 107 Å². The first-order valence-corrected chi connectivity index (χ1v) is 54.7. The number of benzene rings is 5. The van der Waals surface area contributed by atoms with Crippen LogP contribution in [0.2, 0.25) is 0 Å². The van der Waals surface area contributed by atoms with Gasteiger partial charge in [-0.1, -0.05) is 99.5 Å². The molecule has 788 valence electrons. The fourth-order valence-electron chi connectivity index (χ4n) is 16.9. The maximum atomic E-state index is 12.6. The molecular weight excluding hydrogens is 2350 g/mol. The number of pyridine rings is 1. The first-order chi connectivity index (χ1) is 70.2. The number of aliphatic hydroxyl groups is 1. The number of aryl methyl sites for hydroxylation is 3. The van der Waals surface area contributed by atoms with Gasteiger partial charge in [-0.2, -0.15) is 0 Å². The summed E-state index contributed by atoms with van der Waals surface area (Å²) in [5.74, 6) is 12.0. The van der Waals surface area contributed by atoms with Crippen molar-refractivity contribution in [3.8, 4) is 57.3 Å². The first-order valence-electron chi connectivity index (χ1n) is 48.1. The van der Waals surface area contributed by atoms with Crippen molar-refractivity contribution in [3.63, 3.8) is 0 Å². The fraction of sp³-hybridized carbons (Fsp3) is 0.422. The number of nitrogens with two attached hydrogens (primary N) is 5. The molecule has 9 aromatic heterocycles. The molecule has 5 aromatic carbocycles. The number of rotatable bonds is 26. The van der Waals surface area contributed by atoms with E-state index in [2.05, 4.69) is 228 Å². The monoisotopic (exact) mass is 2480 g/mol. The third-order valence-electron chi connectivity index (χ3n) is 24.3. The number of amides is 2. The number of nitrogens with zero attached hydrogens (tertiary/aromatic N) is 18. The number of imidazole rings is 4. The summed E-state index contributed by atoms with van der Waals surface area (Å²) in [6, 6.07) is 23.7. The number of hydrogen-bond donors (Lipinski definition) is 11. The molecule has 16 N–H and O–H groups in total. The quantitative estimate of drug-likeness (QED) is 0.0136. The minimum Gasteiger partial charge on any atom is -0.454 e. The van der Waals surface area contributed by atoms with Gasteiger partial charge in [0.2, 0.25) is 33.1 Å². The topological polar surface area (TPSA) is 509 Å². The summed E-state index contributed by atoms with van der Waals surface area (Å²) in [6.45, 7) is 37.1. The van der Waals surface area contributed by atoms with Crippen LogP contribution in [0.15, 0.2) is 140 Å². The van der Waals surface area contributed by atoms with Crippen LogP contribution in [-0.4, -0.2) is 209 Å². The lowest BCUT2D eigenvalue weighted by molar-refractivity contribution is -0.140. The van der Waals surface area contributed by atoms with E-state index in [1.54, 1.807) is 46.4 Å². The van der Waals surface area contributed by atoms with E-state index in [4.69, 9.17) is 86.5 Å². The summed E-state index contributed by atoms with van der Waals surface area (Å²) >= 11 is 15.3. The number of carbonyl (C=O) groups is 2. The number of nitrogen functional groups attached to an aromatic ring is 5. The normalized spacial score (nSPS) is 14.3. The Morgan fingerprint density at radius 1 is 0.554 bits per heavy atom. The van der Waals surface area contributed by atoms with Crippen molar-refractivity contribution in [1.82, 2.24) is 115 Å². The molecule has 2 amide bonds. The number of ether oxygens (including phenoxy) is 8. The third-order valence-corrected chi connectivity index (χ3v) is 31.5. The maximum absolute atomic E-state index is 12.6. The molecule has 0 unspecified atom stereocenters. The van der Waals surface area contributed by atoms with Crippen molar-refractivity contribution >= 4 is 205 Å². The summed E-state index contributed by atoms with van der Waals surface area (Å²) in [5.41, 5.74) is 43.9. The number of carbonyl (C=O) groups excluding carboxylic acids is 2. The van der Waals surface area contributed by atoms with Gasteiger partial charge in [-0.25, -0.2) is 64.8 Å². The fourth-order valence-corrected chi connectivity index (χ4v) is 22.3. The highest BCUT2D eigenvalue weighted by Gasteiger charge is 2.31. The van der Waals surface area contributed by atoms with Crippen molar-refractivity contribution in [3.05, 3.63) is 165 Å². The molecule has 15 heterocycles. The second kappa shape index (κ2) is 51.6. The maximum Gasteiger partial charge on any atom is 0.251 e. The van der Waals surface area contributed by atoms with Gasteiger partial charge in [0.25, 0.3) is 11.8 Å². The lowest BCUT2D eigenvalue weighted by Gasteiger charge is -2.32. The van der Waals surface area contributed by atoms with Gasteiger partial charge in [-0.15, -0.1) is 11.8 Å². The predicted molar refractivity (Wildman–Crippen MR) is 609 cm³/mol. The van der Waals surface area contributed by atoms with E-state index in [1.165, 1.54) is 25.9 Å². The zero-order chi connectivity index (χ0) is 103. The Morgan fingerprint density at radius 3 is 1.57 bits per heavy atom. The lowest BCUT2D eigenvalue weighted by atomic mass is 9.93. The van der Waals surface area contributed by atoms with E-state index in [-0.39, 0.29) is 65.2 Å². The highest BCUT2D eigenvalue weighted by atomic mass is 127. The zero-order valence-electron chi connectivity index (χ0n) is 82.8. The third kappa shape index (κ3) is 28.4. The summed E-state index contributed by atoms with van der Waals surface area (Å²) in [7, 11) is 0. The number of likely N-dealkylation sites (tertiary alicyclic amines) is 1. The van der Waals surface area contributed by atoms with Crippen molar-refractivity contribution in [2.75, 3.05) is 127 Å². The van der Waals surface area contributed by atoms with Crippen LogP contribution in [0.25, 0.3) is 55.8 Å². The van der Waals surface area contributed by atoms with E-state index < -0.39 is 6.10 Å². The van der Waals surface area contributed by atoms with Crippen LogP contribution in [0, 0.1) is 47.7 Å². The van der Waals surface area contributed by atoms with Crippen LogP contribution in [-0.2, 0) is 43.8 Å². The van der Waals surface area contributed by atoms with Gasteiger partial charge < -0.3 is 121 Å². The molecule has 0 spiro atoms. The Bertz CT molecular complexity index is 6920. The number of halogens is 4. The summed E-state index contributed by atoms with van der Waals surface area (Å²) in [5, 5.41) is 28.8. The number of fused-ring (bicyclic) bond motifs is 13. The van der Waals surface area contributed by atoms with Gasteiger partial charge in [0, 0.05) is 145 Å². The van der Waals surface area contributed by atoms with Crippen molar-refractivity contribution < 1.29 is 52.6 Å². The van der Waals surface area contributed by atoms with Crippen molar-refractivity contribution in [2.45, 2.75) is 186 Å². The number of piperidine rings is 1. The molecule has 148 heavy (non-hydrogen) atoms. The number of aliphatic hydroxyl groups excluding tert-OH is 1. The number of hydrogen-bond acceptors (Lipinski definition) is 36. The number of nitrogens with one attached hydrogen (secondary N) is 5. The van der Waals surface area contributed by atoms with Gasteiger partial charge in [0.15, 0.2) is 113 Å².